The van der Waals surface area contributed by atoms with E-state index in [0.717, 1.165) is 81.1 Å². The molecule has 15 heteroatoms. The van der Waals surface area contributed by atoms with Crippen molar-refractivity contribution >= 4 is 46.0 Å². The van der Waals surface area contributed by atoms with E-state index in [1.807, 2.05) is 36.4 Å². The second-order valence-electron chi connectivity index (χ2n) is 18.4. The summed E-state index contributed by atoms with van der Waals surface area (Å²) in [6.45, 7) is 15.3. The number of ether oxygens (including phenoxy) is 1. The minimum atomic E-state index is -0.609. The molecule has 0 bridgehead atoms. The molecule has 2 aromatic heterocycles. The van der Waals surface area contributed by atoms with Gasteiger partial charge in [-0.25, -0.2) is 0 Å². The van der Waals surface area contributed by atoms with Crippen LogP contribution in [0.3, 0.4) is 0 Å². The third kappa shape index (κ3) is 7.41. The van der Waals surface area contributed by atoms with Crippen molar-refractivity contribution in [3.63, 3.8) is 0 Å². The van der Waals surface area contributed by atoms with Crippen LogP contribution in [0, 0.1) is 28.1 Å². The lowest BCUT2D eigenvalue weighted by Gasteiger charge is -2.63. The molecule has 4 fully saturated rings. The second kappa shape index (κ2) is 15.7. The van der Waals surface area contributed by atoms with Crippen molar-refractivity contribution in [2.45, 2.75) is 78.1 Å². The molecular weight excluding hydrogens is 773 g/mol. The molecule has 3 saturated heterocycles. The SMILES string of the molecule is CC1(C)[C@H](NC(=O)c2ccc(N3CCC(CN4CCN(c5ccc6c(c5)CN([C@H]5CCC(=O)NC5=O)C6=O)CC4)CC3)nn2)C(C)(C)[C@H]1Oc1ccc(C#N)c2ncccc12. The maximum atomic E-state index is 13.5. The van der Waals surface area contributed by atoms with Gasteiger partial charge in [0.15, 0.2) is 11.5 Å². The number of nitriles is 1. The molecule has 9 rings (SSSR count). The Balaban J connectivity index is 0.733. The first-order valence-corrected chi connectivity index (χ1v) is 21.4. The maximum absolute atomic E-state index is 13.5. The van der Waals surface area contributed by atoms with Gasteiger partial charge >= 0.3 is 0 Å². The van der Waals surface area contributed by atoms with Gasteiger partial charge in [-0.1, -0.05) is 27.7 Å². The predicted molar refractivity (Wildman–Crippen MR) is 228 cm³/mol. The zero-order valence-electron chi connectivity index (χ0n) is 35.2. The zero-order valence-corrected chi connectivity index (χ0v) is 35.2. The topological polar surface area (TPSA) is 177 Å². The predicted octanol–water partition coefficient (Wildman–Crippen LogP) is 4.31. The first kappa shape index (κ1) is 40.3. The average molecular weight is 825 g/mol. The lowest BCUT2D eigenvalue weighted by molar-refractivity contribution is -0.163. The summed E-state index contributed by atoms with van der Waals surface area (Å²) in [4.78, 5) is 64.0. The molecule has 0 unspecified atom stereocenters. The number of anilines is 2. The number of carbonyl (C=O) groups is 4. The number of imide groups is 1. The van der Waals surface area contributed by atoms with Gasteiger partial charge < -0.3 is 24.8 Å². The molecule has 4 aliphatic heterocycles. The standard InChI is InChI=1S/C46H52N10O5/c1-45(2)43(46(3,4)44(45)61-36-12-7-29(25-47)39-33(36)6-5-17-48-39)50-40(58)34-10-13-37(52-51-34)55-18-15-28(16-19-55)26-53-20-22-54(23-21-53)31-8-9-32-30(24-31)27-56(42(32)60)35-11-14-38(57)49-41(35)59/h5-10,12-13,17,24,28,35,43-44H,11,14-16,18-23,26-27H2,1-4H3,(H,50,58)(H,49,57,59)/t35-,43-,44-/m0/s1. The Morgan fingerprint density at radius 3 is 2.39 bits per heavy atom. The summed E-state index contributed by atoms with van der Waals surface area (Å²) in [7, 11) is 0. The number of hydrogen-bond donors (Lipinski definition) is 2. The number of nitrogens with zero attached hydrogens (tertiary/aromatic N) is 8. The summed E-state index contributed by atoms with van der Waals surface area (Å²) in [5.74, 6) is 0.942. The van der Waals surface area contributed by atoms with Gasteiger partial charge in [-0.15, -0.1) is 10.2 Å². The van der Waals surface area contributed by atoms with Crippen molar-refractivity contribution in [3.8, 4) is 11.8 Å². The fourth-order valence-corrected chi connectivity index (χ4v) is 10.7. The molecule has 1 atom stereocenters. The summed E-state index contributed by atoms with van der Waals surface area (Å²) in [6, 6.07) is 18.4. The Hall–Kier alpha value is -6.14. The van der Waals surface area contributed by atoms with E-state index in [0.29, 0.717) is 41.3 Å². The monoisotopic (exact) mass is 824 g/mol. The van der Waals surface area contributed by atoms with Gasteiger partial charge in [0.2, 0.25) is 11.8 Å². The normalized spacial score (nSPS) is 23.9. The van der Waals surface area contributed by atoms with E-state index >= 15 is 0 Å². The molecule has 5 aliphatic rings. The third-order valence-corrected chi connectivity index (χ3v) is 13.8. The van der Waals surface area contributed by atoms with E-state index in [1.54, 1.807) is 23.2 Å². The molecular formula is C46H52N10O5. The van der Waals surface area contributed by atoms with E-state index < -0.39 is 22.8 Å². The molecule has 2 N–H and O–H groups in total. The second-order valence-corrected chi connectivity index (χ2v) is 18.4. The van der Waals surface area contributed by atoms with E-state index in [1.165, 1.54) is 0 Å². The number of pyridine rings is 1. The number of amides is 4. The fourth-order valence-electron chi connectivity index (χ4n) is 10.7. The number of hydrogen-bond acceptors (Lipinski definition) is 12. The lowest BCUT2D eigenvalue weighted by Crippen LogP contribution is -2.74. The lowest BCUT2D eigenvalue weighted by atomic mass is 9.49. The Bertz CT molecular complexity index is 2420. The quantitative estimate of drug-likeness (QED) is 0.229. The van der Waals surface area contributed by atoms with Crippen LogP contribution in [0.5, 0.6) is 5.75 Å². The van der Waals surface area contributed by atoms with Crippen LogP contribution >= 0.6 is 0 Å². The van der Waals surface area contributed by atoms with E-state index in [9.17, 15) is 24.4 Å². The maximum Gasteiger partial charge on any atom is 0.272 e. The Kier molecular flexibility index (Phi) is 10.4. The summed E-state index contributed by atoms with van der Waals surface area (Å²) < 4.78 is 6.64. The van der Waals surface area contributed by atoms with Crippen LogP contribution in [0.25, 0.3) is 10.9 Å². The molecule has 4 amide bonds. The molecule has 61 heavy (non-hydrogen) atoms. The smallest absolute Gasteiger partial charge is 0.272 e. The number of piperazine rings is 1. The van der Waals surface area contributed by atoms with Crippen LogP contribution in [-0.2, 0) is 16.1 Å². The number of nitrogens with one attached hydrogen (secondary N) is 2. The van der Waals surface area contributed by atoms with Gasteiger partial charge in [-0.2, -0.15) is 5.26 Å². The minimum Gasteiger partial charge on any atom is -0.488 e. The summed E-state index contributed by atoms with van der Waals surface area (Å²) in [6.07, 6.45) is 4.17. The molecule has 6 heterocycles. The van der Waals surface area contributed by atoms with E-state index in [4.69, 9.17) is 4.74 Å². The number of piperidine rings is 2. The van der Waals surface area contributed by atoms with Crippen molar-refractivity contribution in [2.75, 3.05) is 55.6 Å². The molecule has 2 aromatic carbocycles. The molecule has 1 aliphatic carbocycles. The van der Waals surface area contributed by atoms with Crippen molar-refractivity contribution < 1.29 is 23.9 Å². The van der Waals surface area contributed by atoms with E-state index in [2.05, 4.69) is 80.3 Å². The highest BCUT2D eigenvalue weighted by atomic mass is 16.5. The van der Waals surface area contributed by atoms with Crippen molar-refractivity contribution in [3.05, 3.63) is 83.2 Å². The average Bonchev–Trinajstić information content (AvgIpc) is 3.59. The van der Waals surface area contributed by atoms with Gasteiger partial charge in [-0.05, 0) is 85.3 Å². The van der Waals surface area contributed by atoms with Gasteiger partial charge in [0.25, 0.3) is 11.8 Å². The van der Waals surface area contributed by atoms with Crippen LogP contribution in [0.1, 0.15) is 85.4 Å². The Morgan fingerprint density at radius 1 is 0.918 bits per heavy atom. The first-order valence-electron chi connectivity index (χ1n) is 21.4. The Labute approximate surface area is 355 Å². The highest BCUT2D eigenvalue weighted by Crippen LogP contribution is 2.56. The fraction of sp³-hybridized carbons (Fsp3) is 0.478. The number of benzene rings is 2. The van der Waals surface area contributed by atoms with Crippen LogP contribution < -0.4 is 25.2 Å². The van der Waals surface area contributed by atoms with Gasteiger partial charge in [0.1, 0.15) is 24.0 Å². The number of carbonyl (C=O) groups excluding carboxylic acids is 4. The summed E-state index contributed by atoms with van der Waals surface area (Å²) in [5, 5.41) is 24.8. The number of aromatic nitrogens is 3. The van der Waals surface area contributed by atoms with Gasteiger partial charge in [0.05, 0.1) is 11.1 Å². The molecule has 15 nitrogen and oxygen atoms in total. The highest BCUT2D eigenvalue weighted by Gasteiger charge is 2.64. The summed E-state index contributed by atoms with van der Waals surface area (Å²) >= 11 is 0. The minimum absolute atomic E-state index is 0.146. The zero-order chi connectivity index (χ0) is 42.6. The van der Waals surface area contributed by atoms with Crippen LogP contribution in [0.4, 0.5) is 11.5 Å². The van der Waals surface area contributed by atoms with Crippen LogP contribution in [0.15, 0.2) is 60.8 Å². The molecule has 1 saturated carbocycles. The molecule has 0 radical (unpaired) electrons. The van der Waals surface area contributed by atoms with Crippen LogP contribution in [0.2, 0.25) is 0 Å². The molecule has 0 spiro atoms. The highest BCUT2D eigenvalue weighted by molar-refractivity contribution is 6.05. The first-order chi connectivity index (χ1) is 29.3. The summed E-state index contributed by atoms with van der Waals surface area (Å²) in [5.41, 5.74) is 3.25. The van der Waals surface area contributed by atoms with Crippen molar-refractivity contribution in [1.29, 1.82) is 5.26 Å². The van der Waals surface area contributed by atoms with Crippen molar-refractivity contribution in [1.82, 2.24) is 35.6 Å². The third-order valence-electron chi connectivity index (χ3n) is 13.8. The number of fused-ring (bicyclic) bond motifs is 2. The molecule has 316 valence electrons. The van der Waals surface area contributed by atoms with Crippen molar-refractivity contribution in [2.24, 2.45) is 16.7 Å². The van der Waals surface area contributed by atoms with Crippen LogP contribution in [-0.4, -0.2) is 113 Å². The number of rotatable bonds is 9. The largest absolute Gasteiger partial charge is 0.488 e. The Morgan fingerprint density at radius 2 is 1.69 bits per heavy atom. The van der Waals surface area contributed by atoms with Gasteiger partial charge in [0, 0.05) is 98.5 Å². The van der Waals surface area contributed by atoms with Gasteiger partial charge in [-0.3, -0.25) is 34.4 Å². The molecule has 4 aromatic rings. The van der Waals surface area contributed by atoms with E-state index in [-0.39, 0.29) is 42.0 Å².